The number of hydrogen-bond donors (Lipinski definition) is 2. The lowest BCUT2D eigenvalue weighted by Gasteiger charge is -2.27. The van der Waals surface area contributed by atoms with Crippen molar-refractivity contribution in [2.24, 2.45) is 0 Å². The SMILES string of the molecule is Clc1ccc(COc2ccccc2CNCCN2CCNCC2)cc1. The topological polar surface area (TPSA) is 36.5 Å². The van der Waals surface area contributed by atoms with E-state index < -0.39 is 0 Å². The molecule has 1 aliphatic rings. The highest BCUT2D eigenvalue weighted by Gasteiger charge is 2.09. The van der Waals surface area contributed by atoms with E-state index in [0.29, 0.717) is 6.61 Å². The molecule has 0 saturated carbocycles. The van der Waals surface area contributed by atoms with Gasteiger partial charge in [-0.25, -0.2) is 0 Å². The first-order chi connectivity index (χ1) is 12.3. The minimum absolute atomic E-state index is 0.551. The van der Waals surface area contributed by atoms with Crippen molar-refractivity contribution in [2.75, 3.05) is 39.3 Å². The molecule has 4 nitrogen and oxygen atoms in total. The number of hydrogen-bond acceptors (Lipinski definition) is 4. The Hall–Kier alpha value is -1.59. The Morgan fingerprint density at radius 2 is 1.80 bits per heavy atom. The maximum Gasteiger partial charge on any atom is 0.124 e. The molecular weight excluding hydrogens is 334 g/mol. The average molecular weight is 360 g/mol. The normalized spacial score (nSPS) is 15.2. The summed E-state index contributed by atoms with van der Waals surface area (Å²) in [7, 11) is 0. The smallest absolute Gasteiger partial charge is 0.124 e. The van der Waals surface area contributed by atoms with Gasteiger partial charge in [0.2, 0.25) is 0 Å². The van der Waals surface area contributed by atoms with Crippen LogP contribution in [0.3, 0.4) is 0 Å². The number of benzene rings is 2. The lowest BCUT2D eigenvalue weighted by molar-refractivity contribution is 0.240. The minimum Gasteiger partial charge on any atom is -0.489 e. The summed E-state index contributed by atoms with van der Waals surface area (Å²) in [6.45, 7) is 7.94. The number of piperazine rings is 1. The fourth-order valence-electron chi connectivity index (χ4n) is 2.93. The van der Waals surface area contributed by atoms with Crippen LogP contribution in [0.25, 0.3) is 0 Å². The van der Waals surface area contributed by atoms with Crippen LogP contribution in [-0.2, 0) is 13.2 Å². The molecule has 0 unspecified atom stereocenters. The first kappa shape index (κ1) is 18.2. The van der Waals surface area contributed by atoms with E-state index in [1.807, 2.05) is 36.4 Å². The Morgan fingerprint density at radius 3 is 2.60 bits per heavy atom. The molecule has 0 radical (unpaired) electrons. The molecule has 2 aromatic carbocycles. The second-order valence-electron chi connectivity index (χ2n) is 6.29. The molecule has 1 aliphatic heterocycles. The predicted molar refractivity (Wildman–Crippen MR) is 103 cm³/mol. The minimum atomic E-state index is 0.551. The average Bonchev–Trinajstić information content (AvgIpc) is 2.66. The maximum absolute atomic E-state index is 6.01. The lowest BCUT2D eigenvalue weighted by Crippen LogP contribution is -2.45. The van der Waals surface area contributed by atoms with Gasteiger partial charge in [0.1, 0.15) is 12.4 Å². The molecule has 1 fully saturated rings. The molecule has 0 amide bonds. The van der Waals surface area contributed by atoms with E-state index in [-0.39, 0.29) is 0 Å². The third-order valence-corrected chi connectivity index (χ3v) is 4.66. The number of nitrogens with one attached hydrogen (secondary N) is 2. The predicted octanol–water partition coefficient (Wildman–Crippen LogP) is 2.91. The van der Waals surface area contributed by atoms with E-state index in [4.69, 9.17) is 16.3 Å². The van der Waals surface area contributed by atoms with E-state index in [0.717, 1.165) is 62.1 Å². The molecule has 0 bridgehead atoms. The highest BCUT2D eigenvalue weighted by atomic mass is 35.5. The summed E-state index contributed by atoms with van der Waals surface area (Å²) in [5, 5.41) is 7.67. The summed E-state index contributed by atoms with van der Waals surface area (Å²) in [6.07, 6.45) is 0. The molecule has 2 N–H and O–H groups in total. The molecular formula is C20H26ClN3O. The summed E-state index contributed by atoms with van der Waals surface area (Å²) in [6, 6.07) is 16.0. The van der Waals surface area contributed by atoms with Crippen LogP contribution in [0.1, 0.15) is 11.1 Å². The van der Waals surface area contributed by atoms with E-state index in [1.54, 1.807) is 0 Å². The number of para-hydroxylation sites is 1. The van der Waals surface area contributed by atoms with Gasteiger partial charge in [-0.1, -0.05) is 41.9 Å². The van der Waals surface area contributed by atoms with Crippen LogP contribution in [0.5, 0.6) is 5.75 Å². The van der Waals surface area contributed by atoms with Crippen molar-refractivity contribution in [3.63, 3.8) is 0 Å². The van der Waals surface area contributed by atoms with Gasteiger partial charge < -0.3 is 15.4 Å². The molecule has 1 saturated heterocycles. The quantitative estimate of drug-likeness (QED) is 0.710. The first-order valence-corrected chi connectivity index (χ1v) is 9.28. The summed E-state index contributed by atoms with van der Waals surface area (Å²) in [5.74, 6) is 0.937. The van der Waals surface area contributed by atoms with Crippen molar-refractivity contribution >= 4 is 11.6 Å². The van der Waals surface area contributed by atoms with Crippen LogP contribution < -0.4 is 15.4 Å². The first-order valence-electron chi connectivity index (χ1n) is 8.90. The molecule has 134 valence electrons. The van der Waals surface area contributed by atoms with Crippen LogP contribution in [0, 0.1) is 0 Å². The largest absolute Gasteiger partial charge is 0.489 e. The van der Waals surface area contributed by atoms with Crippen LogP contribution in [-0.4, -0.2) is 44.2 Å². The Labute approximate surface area is 155 Å². The number of halogens is 1. The van der Waals surface area contributed by atoms with Gasteiger partial charge in [-0.15, -0.1) is 0 Å². The molecule has 3 rings (SSSR count). The van der Waals surface area contributed by atoms with Crippen LogP contribution in [0.4, 0.5) is 0 Å². The molecule has 0 aliphatic carbocycles. The molecule has 0 spiro atoms. The van der Waals surface area contributed by atoms with Gasteiger partial charge in [-0.05, 0) is 23.8 Å². The van der Waals surface area contributed by atoms with Crippen molar-refractivity contribution in [1.29, 1.82) is 0 Å². The van der Waals surface area contributed by atoms with Gasteiger partial charge in [-0.3, -0.25) is 4.90 Å². The zero-order chi connectivity index (χ0) is 17.3. The zero-order valence-electron chi connectivity index (χ0n) is 14.5. The maximum atomic E-state index is 6.01. The van der Waals surface area contributed by atoms with Crippen molar-refractivity contribution in [1.82, 2.24) is 15.5 Å². The van der Waals surface area contributed by atoms with Gasteiger partial charge in [0.25, 0.3) is 0 Å². The van der Waals surface area contributed by atoms with Gasteiger partial charge >= 0.3 is 0 Å². The van der Waals surface area contributed by atoms with E-state index in [1.165, 1.54) is 5.56 Å². The van der Waals surface area contributed by atoms with E-state index >= 15 is 0 Å². The van der Waals surface area contributed by atoms with Crippen molar-refractivity contribution in [2.45, 2.75) is 13.2 Å². The molecule has 1 heterocycles. The van der Waals surface area contributed by atoms with Crippen LogP contribution in [0.2, 0.25) is 5.02 Å². The van der Waals surface area contributed by atoms with Crippen LogP contribution in [0.15, 0.2) is 48.5 Å². The second-order valence-corrected chi connectivity index (χ2v) is 6.73. The third kappa shape index (κ3) is 6.01. The highest BCUT2D eigenvalue weighted by Crippen LogP contribution is 2.19. The fraction of sp³-hybridized carbons (Fsp3) is 0.400. The Kier molecular flexibility index (Phi) is 7.12. The second kappa shape index (κ2) is 9.78. The Balaban J connectivity index is 1.45. The fourth-order valence-corrected chi connectivity index (χ4v) is 3.05. The van der Waals surface area contributed by atoms with E-state index in [9.17, 15) is 0 Å². The molecule has 25 heavy (non-hydrogen) atoms. The van der Waals surface area contributed by atoms with E-state index in [2.05, 4.69) is 27.7 Å². The number of ether oxygens (including phenoxy) is 1. The van der Waals surface area contributed by atoms with Crippen molar-refractivity contribution < 1.29 is 4.74 Å². The Morgan fingerprint density at radius 1 is 1.04 bits per heavy atom. The number of rotatable bonds is 8. The van der Waals surface area contributed by atoms with Crippen molar-refractivity contribution in [3.05, 3.63) is 64.7 Å². The van der Waals surface area contributed by atoms with Gasteiger partial charge in [-0.2, -0.15) is 0 Å². The molecule has 0 aromatic heterocycles. The Bertz CT molecular complexity index is 642. The standard InChI is InChI=1S/C20H26ClN3O/c21-19-7-5-17(6-8-19)16-25-20-4-2-1-3-18(20)15-23-11-14-24-12-9-22-10-13-24/h1-8,22-23H,9-16H2. The summed E-state index contributed by atoms with van der Waals surface area (Å²) in [4.78, 5) is 2.49. The molecule has 0 atom stereocenters. The van der Waals surface area contributed by atoms with Crippen LogP contribution >= 0.6 is 11.6 Å². The van der Waals surface area contributed by atoms with Gasteiger partial charge in [0.15, 0.2) is 0 Å². The molecule has 2 aromatic rings. The molecule has 5 heteroatoms. The summed E-state index contributed by atoms with van der Waals surface area (Å²) >= 11 is 5.93. The number of nitrogens with zero attached hydrogens (tertiary/aromatic N) is 1. The summed E-state index contributed by atoms with van der Waals surface area (Å²) < 4.78 is 6.01. The summed E-state index contributed by atoms with van der Waals surface area (Å²) in [5.41, 5.74) is 2.31. The van der Waals surface area contributed by atoms with Gasteiger partial charge in [0.05, 0.1) is 0 Å². The highest BCUT2D eigenvalue weighted by molar-refractivity contribution is 6.30. The van der Waals surface area contributed by atoms with Crippen molar-refractivity contribution in [3.8, 4) is 5.75 Å². The third-order valence-electron chi connectivity index (χ3n) is 4.41. The monoisotopic (exact) mass is 359 g/mol. The zero-order valence-corrected chi connectivity index (χ0v) is 15.3. The lowest BCUT2D eigenvalue weighted by atomic mass is 10.2. The van der Waals surface area contributed by atoms with Gasteiger partial charge in [0, 0.05) is 56.4 Å².